The van der Waals surface area contributed by atoms with Crippen molar-refractivity contribution < 1.29 is 24.4 Å². The molecule has 0 amide bonds. The van der Waals surface area contributed by atoms with Crippen LogP contribution in [0.1, 0.15) is 0 Å². The summed E-state index contributed by atoms with van der Waals surface area (Å²) in [5, 5.41) is 18.2. The summed E-state index contributed by atoms with van der Waals surface area (Å²) < 4.78 is 15.0. The van der Waals surface area contributed by atoms with Crippen LogP contribution < -0.4 is 0 Å². The first-order chi connectivity index (χ1) is 5.74. The maximum Gasteiger partial charge on any atom is 0.186 e. The molecule has 0 saturated carbocycles. The molecule has 0 unspecified atom stereocenters. The maximum absolute atomic E-state index is 9.46. The van der Waals surface area contributed by atoms with E-state index in [0.717, 1.165) is 0 Å². The highest BCUT2D eigenvalue weighted by Gasteiger charge is 2.43. The third-order valence-corrected chi connectivity index (χ3v) is 1.98. The Labute approximate surface area is 70.9 Å². The molecule has 5 heteroatoms. The van der Waals surface area contributed by atoms with Crippen molar-refractivity contribution in [3.63, 3.8) is 0 Å². The van der Waals surface area contributed by atoms with Crippen LogP contribution in [0.15, 0.2) is 0 Å². The Hall–Kier alpha value is -0.200. The van der Waals surface area contributed by atoms with Gasteiger partial charge in [-0.05, 0) is 0 Å². The van der Waals surface area contributed by atoms with Gasteiger partial charge in [-0.1, -0.05) is 0 Å². The third-order valence-electron chi connectivity index (χ3n) is 1.98. The first kappa shape index (κ1) is 9.88. The fourth-order valence-electron chi connectivity index (χ4n) is 1.29. The van der Waals surface area contributed by atoms with Crippen LogP contribution in [-0.4, -0.2) is 55.6 Å². The van der Waals surface area contributed by atoms with Crippen molar-refractivity contribution >= 4 is 0 Å². The van der Waals surface area contributed by atoms with Gasteiger partial charge < -0.3 is 24.4 Å². The summed E-state index contributed by atoms with van der Waals surface area (Å²) in [6.07, 6.45) is -2.56. The van der Waals surface area contributed by atoms with Gasteiger partial charge in [-0.25, -0.2) is 0 Å². The minimum atomic E-state index is -0.829. The third kappa shape index (κ3) is 1.60. The van der Waals surface area contributed by atoms with Crippen LogP contribution in [-0.2, 0) is 14.2 Å². The molecule has 0 bridgehead atoms. The van der Waals surface area contributed by atoms with E-state index in [-0.39, 0.29) is 6.61 Å². The quantitative estimate of drug-likeness (QED) is 0.563. The Balaban J connectivity index is 2.58. The Morgan fingerprint density at radius 3 is 2.33 bits per heavy atom. The zero-order valence-corrected chi connectivity index (χ0v) is 7.14. The van der Waals surface area contributed by atoms with E-state index in [1.54, 1.807) is 0 Å². The molecule has 72 valence electrons. The molecule has 0 aromatic carbocycles. The normalized spacial score (nSPS) is 42.0. The van der Waals surface area contributed by atoms with Crippen molar-refractivity contribution in [2.75, 3.05) is 20.8 Å². The summed E-state index contributed by atoms with van der Waals surface area (Å²) >= 11 is 0. The molecule has 0 spiro atoms. The number of aliphatic hydroxyl groups excluding tert-OH is 2. The van der Waals surface area contributed by atoms with Crippen LogP contribution in [0.2, 0.25) is 0 Å². The molecular weight excluding hydrogens is 164 g/mol. The molecule has 0 aromatic rings. The molecule has 4 atom stereocenters. The Kier molecular flexibility index (Phi) is 3.42. The van der Waals surface area contributed by atoms with Crippen LogP contribution in [0.5, 0.6) is 0 Å². The molecule has 1 aliphatic heterocycles. The monoisotopic (exact) mass is 178 g/mol. The molecule has 12 heavy (non-hydrogen) atoms. The van der Waals surface area contributed by atoms with Crippen LogP contribution in [0.25, 0.3) is 0 Å². The average molecular weight is 178 g/mol. The molecule has 5 nitrogen and oxygen atoms in total. The predicted molar refractivity (Wildman–Crippen MR) is 39.6 cm³/mol. The van der Waals surface area contributed by atoms with Gasteiger partial charge in [0.25, 0.3) is 0 Å². The highest BCUT2D eigenvalue weighted by Crippen LogP contribution is 2.23. The molecule has 0 aromatic heterocycles. The van der Waals surface area contributed by atoms with Crippen LogP contribution in [0, 0.1) is 0 Å². The summed E-state index contributed by atoms with van der Waals surface area (Å²) in [7, 11) is 2.92. The first-order valence-electron chi connectivity index (χ1n) is 3.74. The van der Waals surface area contributed by atoms with Crippen LogP contribution in [0.4, 0.5) is 0 Å². The smallest absolute Gasteiger partial charge is 0.186 e. The summed E-state index contributed by atoms with van der Waals surface area (Å²) in [6, 6.07) is 0. The van der Waals surface area contributed by atoms with Gasteiger partial charge in [0.15, 0.2) is 6.29 Å². The van der Waals surface area contributed by atoms with E-state index >= 15 is 0 Å². The Bertz CT molecular complexity index is 138. The Morgan fingerprint density at radius 1 is 1.33 bits per heavy atom. The van der Waals surface area contributed by atoms with Gasteiger partial charge in [-0.2, -0.15) is 0 Å². The fraction of sp³-hybridized carbons (Fsp3) is 1.00. The van der Waals surface area contributed by atoms with Gasteiger partial charge in [0.1, 0.15) is 18.3 Å². The lowest BCUT2D eigenvalue weighted by atomic mass is 10.1. The number of ether oxygens (including phenoxy) is 3. The lowest BCUT2D eigenvalue weighted by Gasteiger charge is -2.16. The minimum Gasteiger partial charge on any atom is -0.394 e. The molecule has 1 fully saturated rings. The van der Waals surface area contributed by atoms with Gasteiger partial charge in [-0.3, -0.25) is 0 Å². The second-order valence-corrected chi connectivity index (χ2v) is 2.65. The van der Waals surface area contributed by atoms with E-state index in [2.05, 4.69) is 0 Å². The molecule has 0 aliphatic carbocycles. The predicted octanol–water partition coefficient (Wildman–Crippen LogP) is -1.27. The highest BCUT2D eigenvalue weighted by atomic mass is 16.7. The number of hydrogen-bond acceptors (Lipinski definition) is 5. The van der Waals surface area contributed by atoms with E-state index in [9.17, 15) is 5.11 Å². The highest BCUT2D eigenvalue weighted by molar-refractivity contribution is 4.87. The number of aliphatic hydroxyl groups is 2. The van der Waals surface area contributed by atoms with Crippen LogP contribution >= 0.6 is 0 Å². The number of hydrogen-bond donors (Lipinski definition) is 2. The second kappa shape index (κ2) is 4.15. The zero-order chi connectivity index (χ0) is 9.14. The van der Waals surface area contributed by atoms with Crippen molar-refractivity contribution in [2.24, 2.45) is 0 Å². The van der Waals surface area contributed by atoms with Gasteiger partial charge in [0.05, 0.1) is 6.61 Å². The zero-order valence-electron chi connectivity index (χ0n) is 7.14. The first-order valence-corrected chi connectivity index (χ1v) is 3.74. The molecular formula is C7H14O5. The van der Waals surface area contributed by atoms with Gasteiger partial charge >= 0.3 is 0 Å². The summed E-state index contributed by atoms with van der Waals surface area (Å²) in [6.45, 7) is -0.235. The average Bonchev–Trinajstić information content (AvgIpc) is 2.41. The van der Waals surface area contributed by atoms with Crippen LogP contribution in [0.3, 0.4) is 0 Å². The number of rotatable bonds is 3. The van der Waals surface area contributed by atoms with Crippen molar-refractivity contribution in [1.82, 2.24) is 0 Å². The van der Waals surface area contributed by atoms with Gasteiger partial charge in [0.2, 0.25) is 0 Å². The standard InChI is InChI=1S/C7H14O5/c1-10-6-5(9)4(3-8)12-7(6)11-2/h4-9H,3H2,1-2H3/t4-,5-,6-,7-/m1/s1. The van der Waals surface area contributed by atoms with E-state index in [1.807, 2.05) is 0 Å². The van der Waals surface area contributed by atoms with Crippen molar-refractivity contribution in [3.05, 3.63) is 0 Å². The molecule has 1 aliphatic rings. The largest absolute Gasteiger partial charge is 0.394 e. The van der Waals surface area contributed by atoms with Crippen molar-refractivity contribution in [3.8, 4) is 0 Å². The Morgan fingerprint density at radius 2 is 2.00 bits per heavy atom. The summed E-state index contributed by atoms with van der Waals surface area (Å²) in [5.74, 6) is 0. The van der Waals surface area contributed by atoms with Gasteiger partial charge in [-0.15, -0.1) is 0 Å². The lowest BCUT2D eigenvalue weighted by Crippen LogP contribution is -2.35. The lowest BCUT2D eigenvalue weighted by molar-refractivity contribution is -0.159. The molecule has 0 radical (unpaired) electrons. The fourth-order valence-corrected chi connectivity index (χ4v) is 1.29. The summed E-state index contributed by atoms with van der Waals surface area (Å²) in [4.78, 5) is 0. The maximum atomic E-state index is 9.46. The van der Waals surface area contributed by atoms with Crippen molar-refractivity contribution in [1.29, 1.82) is 0 Å². The van der Waals surface area contributed by atoms with E-state index in [4.69, 9.17) is 19.3 Å². The molecule has 1 saturated heterocycles. The van der Waals surface area contributed by atoms with Crippen molar-refractivity contribution in [2.45, 2.75) is 24.6 Å². The molecule has 2 N–H and O–H groups in total. The topological polar surface area (TPSA) is 68.2 Å². The summed E-state index contributed by atoms with van der Waals surface area (Å²) in [5.41, 5.74) is 0. The molecule has 1 heterocycles. The van der Waals surface area contributed by atoms with E-state index < -0.39 is 24.6 Å². The van der Waals surface area contributed by atoms with E-state index in [0.29, 0.717) is 0 Å². The van der Waals surface area contributed by atoms with E-state index in [1.165, 1.54) is 14.2 Å². The minimum absolute atomic E-state index is 0.235. The molecule has 1 rings (SSSR count). The SMILES string of the molecule is CO[C@@H]1O[C@H](CO)[C@@H](O)[C@H]1OC. The second-order valence-electron chi connectivity index (χ2n) is 2.65. The van der Waals surface area contributed by atoms with Gasteiger partial charge in [0, 0.05) is 14.2 Å². The number of methoxy groups -OCH3 is 2.